The van der Waals surface area contributed by atoms with Gasteiger partial charge >= 0.3 is 0 Å². The fourth-order valence-corrected chi connectivity index (χ4v) is 4.97. The molecular formula is C19H19ClN4S2. The molecule has 0 fully saturated rings. The summed E-state index contributed by atoms with van der Waals surface area (Å²) in [4.78, 5) is 1.16. The van der Waals surface area contributed by atoms with Crippen LogP contribution in [0.4, 0.5) is 0 Å². The minimum absolute atomic E-state index is 0.126. The van der Waals surface area contributed by atoms with Gasteiger partial charge in [-0.3, -0.25) is 4.40 Å². The Hall–Kier alpha value is -1.60. The normalized spacial score (nSPS) is 12.8. The van der Waals surface area contributed by atoms with Crippen molar-refractivity contribution >= 4 is 50.4 Å². The molecule has 1 N–H and O–H groups in total. The van der Waals surface area contributed by atoms with Crippen molar-refractivity contribution in [3.63, 3.8) is 0 Å². The maximum Gasteiger partial charge on any atom is 0.160 e. The summed E-state index contributed by atoms with van der Waals surface area (Å²) < 4.78 is 3.28. The quantitative estimate of drug-likeness (QED) is 0.462. The molecule has 4 rings (SSSR count). The smallest absolute Gasteiger partial charge is 0.160 e. The molecule has 0 spiro atoms. The molecule has 0 saturated heterocycles. The molecule has 1 atom stereocenters. The number of benzene rings is 1. The summed E-state index contributed by atoms with van der Waals surface area (Å²) in [5.74, 6) is 2.01. The number of thioether (sulfide) groups is 1. The van der Waals surface area contributed by atoms with Gasteiger partial charge < -0.3 is 5.32 Å². The third-order valence-electron chi connectivity index (χ3n) is 4.37. The third kappa shape index (κ3) is 3.47. The molecule has 0 radical (unpaired) electrons. The predicted octanol–water partition coefficient (Wildman–Crippen LogP) is 5.18. The number of hydrogen-bond acceptors (Lipinski definition) is 5. The van der Waals surface area contributed by atoms with E-state index in [4.69, 9.17) is 11.6 Å². The van der Waals surface area contributed by atoms with E-state index < -0.39 is 0 Å². The lowest BCUT2D eigenvalue weighted by atomic mass is 10.2. The summed E-state index contributed by atoms with van der Waals surface area (Å²) in [6, 6.07) is 14.4. The fraction of sp³-hybridized carbons (Fsp3) is 0.263. The highest BCUT2D eigenvalue weighted by Gasteiger charge is 2.19. The summed E-state index contributed by atoms with van der Waals surface area (Å²) in [6.07, 6.45) is 5.13. The number of aromatic nitrogens is 3. The zero-order valence-electron chi connectivity index (χ0n) is 14.4. The molecule has 4 nitrogen and oxygen atoms in total. The Bertz CT molecular complexity index is 1030. The molecule has 0 amide bonds. The summed E-state index contributed by atoms with van der Waals surface area (Å²) in [5.41, 5.74) is 0.873. The first-order chi connectivity index (χ1) is 12.8. The molecule has 1 unspecified atom stereocenters. The standard InChI is InChI=1S/C19H19ClN4S2/c1-25-11-9-14(19-23-22-17-8-4-5-10-24(17)19)21-12-16-18(20)13-6-2-3-7-15(13)26-16/h2-8,10,14,21H,9,11-12H2,1H3. The zero-order valence-corrected chi connectivity index (χ0v) is 16.7. The Morgan fingerprint density at radius 2 is 2.04 bits per heavy atom. The second-order valence-corrected chi connectivity index (χ2v) is 8.54. The van der Waals surface area contributed by atoms with Crippen LogP contribution in [0.15, 0.2) is 48.7 Å². The van der Waals surface area contributed by atoms with Gasteiger partial charge in [-0.1, -0.05) is 35.9 Å². The Labute approximate surface area is 165 Å². The van der Waals surface area contributed by atoms with Crippen LogP contribution in [0, 0.1) is 0 Å². The number of fused-ring (bicyclic) bond motifs is 2. The van der Waals surface area contributed by atoms with E-state index in [0.717, 1.165) is 45.5 Å². The number of halogens is 1. The highest BCUT2D eigenvalue weighted by molar-refractivity contribution is 7.98. The molecule has 3 aromatic heterocycles. The van der Waals surface area contributed by atoms with Crippen LogP contribution in [-0.2, 0) is 6.54 Å². The highest BCUT2D eigenvalue weighted by Crippen LogP contribution is 2.35. The van der Waals surface area contributed by atoms with E-state index in [9.17, 15) is 0 Å². The summed E-state index contributed by atoms with van der Waals surface area (Å²) in [6.45, 7) is 0.721. The van der Waals surface area contributed by atoms with E-state index in [1.807, 2.05) is 42.2 Å². The molecule has 0 aliphatic heterocycles. The van der Waals surface area contributed by atoms with Crippen molar-refractivity contribution in [2.45, 2.75) is 19.0 Å². The van der Waals surface area contributed by atoms with Crippen LogP contribution in [0.3, 0.4) is 0 Å². The molecule has 26 heavy (non-hydrogen) atoms. The van der Waals surface area contributed by atoms with Crippen molar-refractivity contribution in [2.75, 3.05) is 12.0 Å². The van der Waals surface area contributed by atoms with E-state index in [2.05, 4.69) is 44.4 Å². The van der Waals surface area contributed by atoms with Crippen LogP contribution in [0.25, 0.3) is 15.7 Å². The van der Waals surface area contributed by atoms with Crippen LogP contribution < -0.4 is 5.32 Å². The van der Waals surface area contributed by atoms with E-state index in [1.165, 1.54) is 4.70 Å². The molecular weight excluding hydrogens is 384 g/mol. The van der Waals surface area contributed by atoms with Gasteiger partial charge in [0.05, 0.1) is 11.1 Å². The summed E-state index contributed by atoms with van der Waals surface area (Å²) in [7, 11) is 0. The Balaban J connectivity index is 1.60. The number of rotatable bonds is 7. The topological polar surface area (TPSA) is 42.2 Å². The van der Waals surface area contributed by atoms with E-state index >= 15 is 0 Å². The van der Waals surface area contributed by atoms with Crippen LogP contribution in [0.5, 0.6) is 0 Å². The molecule has 0 aliphatic rings. The Morgan fingerprint density at radius 3 is 2.88 bits per heavy atom. The van der Waals surface area contributed by atoms with Crippen molar-refractivity contribution in [3.8, 4) is 0 Å². The number of hydrogen-bond donors (Lipinski definition) is 1. The van der Waals surface area contributed by atoms with Crippen molar-refractivity contribution in [1.29, 1.82) is 0 Å². The van der Waals surface area contributed by atoms with Crippen LogP contribution >= 0.6 is 34.7 Å². The number of nitrogens with one attached hydrogen (secondary N) is 1. The monoisotopic (exact) mass is 402 g/mol. The lowest BCUT2D eigenvalue weighted by Gasteiger charge is -2.16. The minimum atomic E-state index is 0.126. The average Bonchev–Trinajstić information content (AvgIpc) is 3.24. The number of pyridine rings is 1. The van der Waals surface area contributed by atoms with Gasteiger partial charge in [-0.05, 0) is 36.6 Å². The predicted molar refractivity (Wildman–Crippen MR) is 112 cm³/mol. The van der Waals surface area contributed by atoms with Crippen molar-refractivity contribution in [3.05, 3.63) is 64.4 Å². The van der Waals surface area contributed by atoms with Gasteiger partial charge in [-0.2, -0.15) is 11.8 Å². The number of thiophene rings is 1. The first kappa shape index (κ1) is 17.8. The van der Waals surface area contributed by atoms with Crippen molar-refractivity contribution in [1.82, 2.24) is 19.9 Å². The largest absolute Gasteiger partial charge is 0.302 e. The van der Waals surface area contributed by atoms with Crippen molar-refractivity contribution in [2.24, 2.45) is 0 Å². The van der Waals surface area contributed by atoms with Crippen LogP contribution in [-0.4, -0.2) is 26.6 Å². The molecule has 7 heteroatoms. The second-order valence-electron chi connectivity index (χ2n) is 6.04. The average molecular weight is 403 g/mol. The van der Waals surface area contributed by atoms with Gasteiger partial charge in [0.15, 0.2) is 11.5 Å². The first-order valence-corrected chi connectivity index (χ1v) is 11.0. The van der Waals surface area contributed by atoms with Gasteiger partial charge in [-0.15, -0.1) is 21.5 Å². The molecule has 0 saturated carbocycles. The van der Waals surface area contributed by atoms with Gasteiger partial charge in [0, 0.05) is 27.7 Å². The van der Waals surface area contributed by atoms with Crippen molar-refractivity contribution < 1.29 is 0 Å². The molecule has 0 aliphatic carbocycles. The molecule has 3 heterocycles. The van der Waals surface area contributed by atoms with E-state index in [1.54, 1.807) is 11.3 Å². The molecule has 134 valence electrons. The molecule has 4 aromatic rings. The van der Waals surface area contributed by atoms with Gasteiger partial charge in [-0.25, -0.2) is 0 Å². The SMILES string of the molecule is CSCCC(NCc1sc2ccccc2c1Cl)c1nnc2ccccn12. The summed E-state index contributed by atoms with van der Waals surface area (Å²) in [5, 5.41) is 14.4. The Kier molecular flexibility index (Phi) is 5.45. The zero-order chi connectivity index (χ0) is 17.9. The first-order valence-electron chi connectivity index (χ1n) is 8.46. The van der Waals surface area contributed by atoms with Gasteiger partial charge in [0.2, 0.25) is 0 Å². The van der Waals surface area contributed by atoms with Gasteiger partial charge in [0.25, 0.3) is 0 Å². The highest BCUT2D eigenvalue weighted by atomic mass is 35.5. The minimum Gasteiger partial charge on any atom is -0.302 e. The molecule has 1 aromatic carbocycles. The van der Waals surface area contributed by atoms with Crippen LogP contribution in [0.1, 0.15) is 23.2 Å². The maximum atomic E-state index is 6.60. The van der Waals surface area contributed by atoms with E-state index in [0.29, 0.717) is 0 Å². The Morgan fingerprint density at radius 1 is 1.19 bits per heavy atom. The van der Waals surface area contributed by atoms with Crippen LogP contribution in [0.2, 0.25) is 5.02 Å². The third-order valence-corrected chi connectivity index (χ3v) is 6.73. The van der Waals surface area contributed by atoms with E-state index in [-0.39, 0.29) is 6.04 Å². The second kappa shape index (κ2) is 7.96. The lowest BCUT2D eigenvalue weighted by Crippen LogP contribution is -2.23. The maximum absolute atomic E-state index is 6.60. The summed E-state index contributed by atoms with van der Waals surface area (Å²) >= 11 is 10.2. The fourth-order valence-electron chi connectivity index (χ4n) is 3.05. The lowest BCUT2D eigenvalue weighted by molar-refractivity contribution is 0.496. The molecule has 0 bridgehead atoms. The van der Waals surface area contributed by atoms with Gasteiger partial charge in [0.1, 0.15) is 0 Å². The number of nitrogens with zero attached hydrogens (tertiary/aromatic N) is 3.